The Morgan fingerprint density at radius 1 is 1.10 bits per heavy atom. The molecule has 1 N–H and O–H groups in total. The van der Waals surface area contributed by atoms with Crippen LogP contribution >= 0.6 is 0 Å². The molecule has 2 aromatic carbocycles. The highest BCUT2D eigenvalue weighted by Crippen LogP contribution is 2.37. The summed E-state index contributed by atoms with van der Waals surface area (Å²) in [5, 5.41) is 3.37. The van der Waals surface area contributed by atoms with E-state index < -0.39 is 0 Å². The summed E-state index contributed by atoms with van der Waals surface area (Å²) in [5.41, 5.74) is 2.05. The quantitative estimate of drug-likeness (QED) is 0.895. The average Bonchev–Trinajstić information content (AvgIpc) is 2.48. The van der Waals surface area contributed by atoms with E-state index in [1.54, 1.807) is 7.11 Å². The summed E-state index contributed by atoms with van der Waals surface area (Å²) in [6, 6.07) is 14.8. The Kier molecular flexibility index (Phi) is 4.63. The van der Waals surface area contributed by atoms with Crippen molar-refractivity contribution in [2.45, 2.75) is 25.3 Å². The normalized spacial score (nSPS) is 13.0. The molecule has 21 heavy (non-hydrogen) atoms. The van der Waals surface area contributed by atoms with Gasteiger partial charge in [0, 0.05) is 11.5 Å². The van der Waals surface area contributed by atoms with Gasteiger partial charge in [0.25, 0.3) is 0 Å². The molecular formula is C18H22FNO. The molecule has 0 amide bonds. The van der Waals surface area contributed by atoms with Crippen LogP contribution < -0.4 is 10.1 Å². The van der Waals surface area contributed by atoms with Crippen LogP contribution in [0.25, 0.3) is 0 Å². The van der Waals surface area contributed by atoms with Crippen LogP contribution in [0.5, 0.6) is 5.75 Å². The molecule has 2 rings (SSSR count). The molecule has 112 valence electrons. The van der Waals surface area contributed by atoms with Gasteiger partial charge in [-0.3, -0.25) is 0 Å². The highest BCUT2D eigenvalue weighted by molar-refractivity contribution is 5.36. The molecule has 0 fully saturated rings. The maximum absolute atomic E-state index is 13.1. The first-order valence-corrected chi connectivity index (χ1v) is 7.06. The maximum atomic E-state index is 13.1. The summed E-state index contributed by atoms with van der Waals surface area (Å²) in [5.74, 6) is 0.625. The highest BCUT2D eigenvalue weighted by atomic mass is 19.1. The molecule has 1 unspecified atom stereocenters. The van der Waals surface area contributed by atoms with Crippen LogP contribution in [0.3, 0.4) is 0 Å². The van der Waals surface area contributed by atoms with Gasteiger partial charge in [0.2, 0.25) is 0 Å². The summed E-state index contributed by atoms with van der Waals surface area (Å²) in [6.45, 7) is 4.31. The van der Waals surface area contributed by atoms with Gasteiger partial charge in [-0.2, -0.15) is 0 Å². The number of ether oxygens (including phenoxy) is 1. The number of likely N-dealkylation sites (N-methyl/N-ethyl adjacent to an activating group) is 1. The standard InChI is InChI=1S/C18H22FNO/c1-18(2,14-8-10-15(19)11-9-14)17(20-3)13-6-5-7-16(12-13)21-4/h5-12,17,20H,1-4H3. The number of nitrogens with one attached hydrogen (secondary N) is 1. The van der Waals surface area contributed by atoms with E-state index in [1.165, 1.54) is 12.1 Å². The monoisotopic (exact) mass is 287 g/mol. The van der Waals surface area contributed by atoms with E-state index >= 15 is 0 Å². The largest absolute Gasteiger partial charge is 0.497 e. The SMILES string of the molecule is CNC(c1cccc(OC)c1)C(C)(C)c1ccc(F)cc1. The van der Waals surface area contributed by atoms with Crippen LogP contribution in [0.2, 0.25) is 0 Å². The van der Waals surface area contributed by atoms with Gasteiger partial charge in [0.15, 0.2) is 0 Å². The molecule has 0 aliphatic heterocycles. The Hall–Kier alpha value is -1.87. The Morgan fingerprint density at radius 2 is 1.76 bits per heavy atom. The zero-order valence-electron chi connectivity index (χ0n) is 13.0. The van der Waals surface area contributed by atoms with Crippen molar-refractivity contribution < 1.29 is 9.13 Å². The lowest BCUT2D eigenvalue weighted by molar-refractivity contribution is 0.365. The van der Waals surface area contributed by atoms with Crippen molar-refractivity contribution in [1.29, 1.82) is 0 Å². The molecule has 2 nitrogen and oxygen atoms in total. The number of halogens is 1. The number of hydrogen-bond donors (Lipinski definition) is 1. The number of rotatable bonds is 5. The second kappa shape index (κ2) is 6.27. The fourth-order valence-corrected chi connectivity index (χ4v) is 2.81. The summed E-state index contributed by atoms with van der Waals surface area (Å²) < 4.78 is 18.5. The average molecular weight is 287 g/mol. The van der Waals surface area contributed by atoms with Crippen LogP contribution in [0, 0.1) is 5.82 Å². The molecule has 0 saturated heterocycles. The van der Waals surface area contributed by atoms with Gasteiger partial charge in [-0.1, -0.05) is 38.1 Å². The number of benzene rings is 2. The number of methoxy groups -OCH3 is 1. The summed E-state index contributed by atoms with van der Waals surface area (Å²) in [4.78, 5) is 0. The van der Waals surface area contributed by atoms with Crippen molar-refractivity contribution >= 4 is 0 Å². The van der Waals surface area contributed by atoms with Gasteiger partial charge < -0.3 is 10.1 Å². The van der Waals surface area contributed by atoms with Crippen molar-refractivity contribution in [2.75, 3.05) is 14.2 Å². The van der Waals surface area contributed by atoms with E-state index in [4.69, 9.17) is 4.74 Å². The van der Waals surface area contributed by atoms with Gasteiger partial charge >= 0.3 is 0 Å². The smallest absolute Gasteiger partial charge is 0.123 e. The van der Waals surface area contributed by atoms with E-state index in [2.05, 4.69) is 25.2 Å². The minimum Gasteiger partial charge on any atom is -0.497 e. The first-order valence-electron chi connectivity index (χ1n) is 7.06. The molecule has 0 aromatic heterocycles. The molecule has 3 heteroatoms. The maximum Gasteiger partial charge on any atom is 0.123 e. The van der Waals surface area contributed by atoms with Crippen molar-refractivity contribution in [3.63, 3.8) is 0 Å². The lowest BCUT2D eigenvalue weighted by Gasteiger charge is -2.35. The Labute approximate surface area is 126 Å². The zero-order valence-corrected chi connectivity index (χ0v) is 13.0. The van der Waals surface area contributed by atoms with Crippen LogP contribution in [0.4, 0.5) is 4.39 Å². The van der Waals surface area contributed by atoms with E-state index in [0.717, 1.165) is 16.9 Å². The lowest BCUT2D eigenvalue weighted by atomic mass is 9.75. The van der Waals surface area contributed by atoms with Crippen LogP contribution in [-0.4, -0.2) is 14.2 Å². The summed E-state index contributed by atoms with van der Waals surface area (Å²) >= 11 is 0. The Bertz CT molecular complexity index is 592. The fourth-order valence-electron chi connectivity index (χ4n) is 2.81. The third kappa shape index (κ3) is 3.24. The van der Waals surface area contributed by atoms with Crippen LogP contribution in [0.15, 0.2) is 48.5 Å². The van der Waals surface area contributed by atoms with E-state index in [9.17, 15) is 4.39 Å². The molecule has 0 radical (unpaired) electrons. The van der Waals surface area contributed by atoms with Gasteiger partial charge in [0.1, 0.15) is 11.6 Å². The van der Waals surface area contributed by atoms with Gasteiger partial charge in [-0.25, -0.2) is 4.39 Å². The predicted octanol–water partition coefficient (Wildman–Crippen LogP) is 4.07. The molecular weight excluding hydrogens is 265 g/mol. The summed E-state index contributed by atoms with van der Waals surface area (Å²) in [7, 11) is 3.61. The first-order chi connectivity index (χ1) is 9.98. The van der Waals surface area contributed by atoms with Crippen LogP contribution in [0.1, 0.15) is 31.0 Å². The Balaban J connectivity index is 2.40. The molecule has 2 aromatic rings. The van der Waals surface area contributed by atoms with Crippen molar-refractivity contribution in [2.24, 2.45) is 0 Å². The first kappa shape index (κ1) is 15.5. The Morgan fingerprint density at radius 3 is 2.33 bits per heavy atom. The van der Waals surface area contributed by atoms with Gasteiger partial charge in [-0.15, -0.1) is 0 Å². The fraction of sp³-hybridized carbons (Fsp3) is 0.333. The summed E-state index contributed by atoms with van der Waals surface area (Å²) in [6.07, 6.45) is 0. The van der Waals surface area contributed by atoms with Gasteiger partial charge in [-0.05, 0) is 42.4 Å². The molecule has 0 spiro atoms. The molecule has 0 heterocycles. The van der Waals surface area contributed by atoms with E-state index in [1.807, 2.05) is 37.4 Å². The van der Waals surface area contributed by atoms with Crippen molar-refractivity contribution in [3.8, 4) is 5.75 Å². The van der Waals surface area contributed by atoms with E-state index in [0.29, 0.717) is 0 Å². The molecule has 0 aliphatic carbocycles. The minimum atomic E-state index is -0.211. The molecule has 1 atom stereocenters. The second-order valence-corrected chi connectivity index (χ2v) is 5.73. The van der Waals surface area contributed by atoms with Crippen LogP contribution in [-0.2, 0) is 5.41 Å². The van der Waals surface area contributed by atoms with Crippen molar-refractivity contribution in [3.05, 3.63) is 65.5 Å². The lowest BCUT2D eigenvalue weighted by Crippen LogP contribution is -2.35. The van der Waals surface area contributed by atoms with Crippen molar-refractivity contribution in [1.82, 2.24) is 5.32 Å². The molecule has 0 aliphatic rings. The zero-order chi connectivity index (χ0) is 15.5. The highest BCUT2D eigenvalue weighted by Gasteiger charge is 2.31. The predicted molar refractivity (Wildman–Crippen MR) is 84.2 cm³/mol. The molecule has 0 saturated carbocycles. The van der Waals surface area contributed by atoms with E-state index in [-0.39, 0.29) is 17.3 Å². The third-order valence-electron chi connectivity index (χ3n) is 4.03. The third-order valence-corrected chi connectivity index (χ3v) is 4.03. The topological polar surface area (TPSA) is 21.3 Å². The second-order valence-electron chi connectivity index (χ2n) is 5.73. The minimum absolute atomic E-state index is 0.0954. The van der Waals surface area contributed by atoms with Gasteiger partial charge in [0.05, 0.1) is 7.11 Å². The number of hydrogen-bond acceptors (Lipinski definition) is 2. The molecule has 0 bridgehead atoms.